The molecular weight excluding hydrogens is 306 g/mol. The van der Waals surface area contributed by atoms with E-state index in [0.29, 0.717) is 6.04 Å². The first-order valence-corrected chi connectivity index (χ1v) is 9.44. The lowest BCUT2D eigenvalue weighted by Gasteiger charge is -2.26. The van der Waals surface area contributed by atoms with Crippen LogP contribution in [0.3, 0.4) is 0 Å². The van der Waals surface area contributed by atoms with Crippen LogP contribution in [0.2, 0.25) is 0 Å². The van der Waals surface area contributed by atoms with Gasteiger partial charge in [-0.1, -0.05) is 30.3 Å². The largest absolute Gasteiger partial charge is 0.495 e. The van der Waals surface area contributed by atoms with Crippen molar-refractivity contribution in [2.75, 3.05) is 27.0 Å². The van der Waals surface area contributed by atoms with Crippen LogP contribution in [0, 0.1) is 0 Å². The number of nitrogens with zero attached hydrogens (tertiary/aromatic N) is 1. The summed E-state index contributed by atoms with van der Waals surface area (Å²) in [6.45, 7) is 0.995. The lowest BCUT2D eigenvalue weighted by Crippen LogP contribution is -2.26. The third-order valence-corrected chi connectivity index (χ3v) is 5.60. The van der Waals surface area contributed by atoms with Gasteiger partial charge in [-0.15, -0.1) is 0 Å². The van der Waals surface area contributed by atoms with E-state index in [1.807, 2.05) is 0 Å². The molecule has 0 spiro atoms. The minimum Gasteiger partial charge on any atom is -0.495 e. The van der Waals surface area contributed by atoms with Crippen LogP contribution in [0.25, 0.3) is 0 Å². The second-order valence-electron chi connectivity index (χ2n) is 6.09. The van der Waals surface area contributed by atoms with Crippen LogP contribution in [-0.4, -0.2) is 36.1 Å². The van der Waals surface area contributed by atoms with E-state index in [1.165, 1.54) is 16.7 Å². The monoisotopic (exact) mass is 329 g/mol. The Kier molecular flexibility index (Phi) is 4.83. The van der Waals surface area contributed by atoms with Crippen molar-refractivity contribution in [1.29, 1.82) is 0 Å². The molecule has 3 rings (SSSR count). The Labute approximate surface area is 140 Å². The molecule has 0 radical (unpaired) electrons. The molecule has 1 heterocycles. The molecule has 3 nitrogen and oxygen atoms in total. The van der Waals surface area contributed by atoms with Crippen LogP contribution < -0.4 is 4.74 Å². The third-order valence-electron chi connectivity index (χ3n) is 4.66. The maximum absolute atomic E-state index is 12.0. The zero-order valence-corrected chi connectivity index (χ0v) is 14.7. The van der Waals surface area contributed by atoms with Crippen molar-refractivity contribution in [2.45, 2.75) is 23.8 Å². The summed E-state index contributed by atoms with van der Waals surface area (Å²) in [7, 11) is 2.79. The third kappa shape index (κ3) is 3.33. The summed E-state index contributed by atoms with van der Waals surface area (Å²) in [5, 5.41) is 0. The number of likely N-dealkylation sites (N-methyl/N-ethyl adjacent to an activating group) is 1. The Morgan fingerprint density at radius 1 is 1.17 bits per heavy atom. The molecular formula is C19H23NO2S. The normalized spacial score (nSPS) is 19.7. The molecule has 1 aliphatic heterocycles. The quantitative estimate of drug-likeness (QED) is 0.866. The first-order chi connectivity index (χ1) is 11.1. The zero-order valence-electron chi connectivity index (χ0n) is 13.9. The highest BCUT2D eigenvalue weighted by Gasteiger charge is 2.24. The van der Waals surface area contributed by atoms with Gasteiger partial charge in [0.05, 0.1) is 22.8 Å². The van der Waals surface area contributed by atoms with Gasteiger partial charge in [0, 0.05) is 18.8 Å². The Morgan fingerprint density at radius 2 is 1.91 bits per heavy atom. The molecule has 2 aromatic carbocycles. The van der Waals surface area contributed by atoms with Gasteiger partial charge >= 0.3 is 0 Å². The van der Waals surface area contributed by atoms with Crippen LogP contribution in [-0.2, 0) is 23.6 Å². The SMILES string of the molecule is COc1cc2c(cc1S(C)=O)CCN(C)C(c1ccccc1)C2. The van der Waals surface area contributed by atoms with E-state index in [0.717, 1.165) is 30.0 Å². The van der Waals surface area contributed by atoms with Crippen LogP contribution in [0.1, 0.15) is 22.7 Å². The first-order valence-electron chi connectivity index (χ1n) is 7.88. The summed E-state index contributed by atoms with van der Waals surface area (Å²) in [6.07, 6.45) is 3.63. The summed E-state index contributed by atoms with van der Waals surface area (Å²) >= 11 is 0. The van der Waals surface area contributed by atoms with E-state index in [9.17, 15) is 4.21 Å². The predicted octanol–water partition coefficient (Wildman–Crippen LogP) is 3.20. The topological polar surface area (TPSA) is 29.5 Å². The number of fused-ring (bicyclic) bond motifs is 1. The van der Waals surface area contributed by atoms with Gasteiger partial charge in [0.25, 0.3) is 0 Å². The highest BCUT2D eigenvalue weighted by Crippen LogP contribution is 2.33. The molecule has 1 aliphatic rings. The highest BCUT2D eigenvalue weighted by molar-refractivity contribution is 7.84. The molecule has 0 fully saturated rings. The lowest BCUT2D eigenvalue weighted by molar-refractivity contribution is 0.254. The minimum atomic E-state index is -1.04. The van der Waals surface area contributed by atoms with Gasteiger partial charge < -0.3 is 4.74 Å². The van der Waals surface area contributed by atoms with Gasteiger partial charge in [-0.3, -0.25) is 9.11 Å². The lowest BCUT2D eigenvalue weighted by atomic mass is 9.96. The molecule has 0 aliphatic carbocycles. The summed E-state index contributed by atoms with van der Waals surface area (Å²) in [4.78, 5) is 3.21. The molecule has 0 saturated heterocycles. The smallest absolute Gasteiger partial charge is 0.135 e. The molecule has 0 saturated carbocycles. The summed E-state index contributed by atoms with van der Waals surface area (Å²) < 4.78 is 17.4. The molecule has 4 heteroatoms. The van der Waals surface area contributed by atoms with Gasteiger partial charge in [-0.25, -0.2) is 0 Å². The molecule has 23 heavy (non-hydrogen) atoms. The zero-order chi connectivity index (χ0) is 16.4. The Bertz CT molecular complexity index is 715. The maximum atomic E-state index is 12.0. The molecule has 0 aromatic heterocycles. The van der Waals surface area contributed by atoms with E-state index in [2.05, 4.69) is 54.4 Å². The fourth-order valence-corrected chi connectivity index (χ4v) is 4.05. The Hall–Kier alpha value is -1.65. The standard InChI is InChI=1S/C19H23NO2S/c1-20-10-9-15-13-19(23(3)21)18(22-2)12-16(15)11-17(20)14-7-5-4-6-8-14/h4-8,12-13,17H,9-11H2,1-3H3. The molecule has 2 aromatic rings. The maximum Gasteiger partial charge on any atom is 0.135 e. The van der Waals surface area contributed by atoms with Gasteiger partial charge in [-0.05, 0) is 48.7 Å². The first kappa shape index (κ1) is 16.2. The van der Waals surface area contributed by atoms with Crippen LogP contribution in [0.15, 0.2) is 47.4 Å². The molecule has 2 unspecified atom stereocenters. The van der Waals surface area contributed by atoms with Crippen molar-refractivity contribution in [3.8, 4) is 5.75 Å². The van der Waals surface area contributed by atoms with Crippen molar-refractivity contribution < 1.29 is 8.95 Å². The number of hydrogen-bond donors (Lipinski definition) is 0. The number of rotatable bonds is 3. The number of hydrogen-bond acceptors (Lipinski definition) is 3. The van der Waals surface area contributed by atoms with E-state index < -0.39 is 10.8 Å². The second-order valence-corrected chi connectivity index (χ2v) is 7.44. The van der Waals surface area contributed by atoms with Crippen molar-refractivity contribution in [3.63, 3.8) is 0 Å². The summed E-state index contributed by atoms with van der Waals surface area (Å²) in [5.74, 6) is 0.737. The minimum absolute atomic E-state index is 0.361. The Balaban J connectivity index is 2.02. The van der Waals surface area contributed by atoms with Gasteiger partial charge in [0.1, 0.15) is 5.75 Å². The number of methoxy groups -OCH3 is 1. The van der Waals surface area contributed by atoms with Crippen molar-refractivity contribution >= 4 is 10.8 Å². The van der Waals surface area contributed by atoms with Gasteiger partial charge in [0.2, 0.25) is 0 Å². The van der Waals surface area contributed by atoms with Crippen LogP contribution in [0.5, 0.6) is 5.75 Å². The molecule has 2 atom stereocenters. The van der Waals surface area contributed by atoms with Crippen molar-refractivity contribution in [2.24, 2.45) is 0 Å². The van der Waals surface area contributed by atoms with Gasteiger partial charge in [0.15, 0.2) is 0 Å². The second kappa shape index (κ2) is 6.85. The summed E-state index contributed by atoms with van der Waals surface area (Å²) in [5.41, 5.74) is 3.93. The van der Waals surface area contributed by atoms with E-state index >= 15 is 0 Å². The highest BCUT2D eigenvalue weighted by atomic mass is 32.2. The predicted molar refractivity (Wildman–Crippen MR) is 94.5 cm³/mol. The Morgan fingerprint density at radius 3 is 2.57 bits per heavy atom. The summed E-state index contributed by atoms with van der Waals surface area (Å²) in [6, 6.07) is 15.2. The molecule has 0 N–H and O–H groups in total. The number of ether oxygens (including phenoxy) is 1. The van der Waals surface area contributed by atoms with Crippen molar-refractivity contribution in [3.05, 3.63) is 59.2 Å². The number of benzene rings is 2. The fraction of sp³-hybridized carbons (Fsp3) is 0.368. The molecule has 122 valence electrons. The average Bonchev–Trinajstić information content (AvgIpc) is 2.73. The van der Waals surface area contributed by atoms with E-state index in [1.54, 1.807) is 13.4 Å². The van der Waals surface area contributed by atoms with Crippen molar-refractivity contribution in [1.82, 2.24) is 4.90 Å². The van der Waals surface area contributed by atoms with Gasteiger partial charge in [-0.2, -0.15) is 0 Å². The average molecular weight is 329 g/mol. The molecule has 0 bridgehead atoms. The molecule has 0 amide bonds. The van der Waals surface area contributed by atoms with Crippen LogP contribution >= 0.6 is 0 Å². The van der Waals surface area contributed by atoms with E-state index in [4.69, 9.17) is 4.74 Å². The van der Waals surface area contributed by atoms with E-state index in [-0.39, 0.29) is 0 Å². The van der Waals surface area contributed by atoms with Crippen LogP contribution in [0.4, 0.5) is 0 Å². The fourth-order valence-electron chi connectivity index (χ4n) is 3.32.